The first-order valence-corrected chi connectivity index (χ1v) is 4.83. The fourth-order valence-corrected chi connectivity index (χ4v) is 2.48. The molecule has 0 radical (unpaired) electrons. The zero-order valence-corrected chi connectivity index (χ0v) is 6.78. The molecule has 1 saturated heterocycles. The second-order valence-electron chi connectivity index (χ2n) is 2.76. The molecule has 0 aliphatic carbocycles. The summed E-state index contributed by atoms with van der Waals surface area (Å²) in [5.74, 6) is 1.97. The number of rotatable bonds is 1. The fraction of sp³-hybridized carbons (Fsp3) is 0.857. The Balaban J connectivity index is 1.97. The van der Waals surface area contributed by atoms with Gasteiger partial charge in [0.2, 0.25) is 0 Å². The van der Waals surface area contributed by atoms with Crippen LogP contribution in [0.25, 0.3) is 0 Å². The number of aliphatic imine (C=N–C) groups is 1. The lowest BCUT2D eigenvalue weighted by molar-refractivity contribution is 0.780. The number of nitrogens with one attached hydrogen (secondary N) is 1. The van der Waals surface area contributed by atoms with Crippen LogP contribution < -0.4 is 5.32 Å². The van der Waals surface area contributed by atoms with Gasteiger partial charge in [0.15, 0.2) is 0 Å². The van der Waals surface area contributed by atoms with Gasteiger partial charge in [0.25, 0.3) is 0 Å². The third-order valence-corrected chi connectivity index (χ3v) is 3.16. The van der Waals surface area contributed by atoms with Crippen molar-refractivity contribution in [2.24, 2.45) is 10.9 Å². The minimum Gasteiger partial charge on any atom is -0.316 e. The van der Waals surface area contributed by atoms with E-state index < -0.39 is 0 Å². The van der Waals surface area contributed by atoms with Crippen LogP contribution in [-0.4, -0.2) is 30.4 Å². The van der Waals surface area contributed by atoms with Gasteiger partial charge in [-0.3, -0.25) is 4.99 Å². The first kappa shape index (κ1) is 6.68. The maximum absolute atomic E-state index is 4.46. The molecule has 0 aromatic heterocycles. The predicted molar refractivity (Wildman–Crippen MR) is 45.7 cm³/mol. The van der Waals surface area contributed by atoms with Crippen molar-refractivity contribution >= 4 is 16.8 Å². The predicted octanol–water partition coefficient (Wildman–Crippen LogP) is 0.741. The van der Waals surface area contributed by atoms with Crippen molar-refractivity contribution in [2.45, 2.75) is 6.42 Å². The molecule has 1 N–H and O–H groups in total. The van der Waals surface area contributed by atoms with Gasteiger partial charge in [0.05, 0.1) is 5.04 Å². The molecule has 2 rings (SSSR count). The van der Waals surface area contributed by atoms with Crippen molar-refractivity contribution in [3.05, 3.63) is 0 Å². The molecule has 0 amide bonds. The first-order chi connectivity index (χ1) is 4.97. The van der Waals surface area contributed by atoms with Crippen molar-refractivity contribution < 1.29 is 0 Å². The van der Waals surface area contributed by atoms with Crippen molar-refractivity contribution in [2.75, 3.05) is 25.4 Å². The van der Waals surface area contributed by atoms with Gasteiger partial charge in [0.1, 0.15) is 0 Å². The van der Waals surface area contributed by atoms with E-state index in [1.165, 1.54) is 23.8 Å². The molecule has 1 atom stereocenters. The Kier molecular flexibility index (Phi) is 1.95. The average Bonchev–Trinajstić information content (AvgIpc) is 2.59. The topological polar surface area (TPSA) is 24.4 Å². The SMILES string of the molecule is C1CSC(C2CCNC2)=N1. The average molecular weight is 156 g/mol. The number of nitrogens with zero attached hydrogens (tertiary/aromatic N) is 1. The Morgan fingerprint density at radius 2 is 2.60 bits per heavy atom. The summed E-state index contributed by atoms with van der Waals surface area (Å²) >= 11 is 1.95. The minimum atomic E-state index is 0.757. The van der Waals surface area contributed by atoms with Crippen LogP contribution in [0.3, 0.4) is 0 Å². The first-order valence-electron chi connectivity index (χ1n) is 3.84. The van der Waals surface area contributed by atoms with Gasteiger partial charge in [-0.15, -0.1) is 11.8 Å². The van der Waals surface area contributed by atoms with E-state index in [0.717, 1.165) is 19.0 Å². The van der Waals surface area contributed by atoms with Crippen LogP contribution in [0.5, 0.6) is 0 Å². The second kappa shape index (κ2) is 2.93. The van der Waals surface area contributed by atoms with E-state index in [1.807, 2.05) is 11.8 Å². The van der Waals surface area contributed by atoms with E-state index in [4.69, 9.17) is 0 Å². The smallest absolute Gasteiger partial charge is 0.0721 e. The van der Waals surface area contributed by atoms with E-state index in [1.54, 1.807) is 0 Å². The standard InChI is InChI=1S/C7H12N2S/c1-2-8-5-6(1)7-9-3-4-10-7/h6,8H,1-5H2. The lowest BCUT2D eigenvalue weighted by Gasteiger charge is -2.04. The summed E-state index contributed by atoms with van der Waals surface area (Å²) in [5, 5.41) is 4.76. The molecule has 0 aromatic rings. The molecule has 0 saturated carbocycles. The van der Waals surface area contributed by atoms with Gasteiger partial charge in [0, 0.05) is 24.8 Å². The molecular weight excluding hydrogens is 144 g/mol. The number of hydrogen-bond acceptors (Lipinski definition) is 3. The summed E-state index contributed by atoms with van der Waals surface area (Å²) in [4.78, 5) is 4.46. The van der Waals surface area contributed by atoms with Gasteiger partial charge in [-0.1, -0.05) is 0 Å². The van der Waals surface area contributed by atoms with E-state index in [9.17, 15) is 0 Å². The highest BCUT2D eigenvalue weighted by molar-refractivity contribution is 8.14. The van der Waals surface area contributed by atoms with Crippen LogP contribution in [-0.2, 0) is 0 Å². The molecule has 10 heavy (non-hydrogen) atoms. The van der Waals surface area contributed by atoms with Crippen LogP contribution in [0.15, 0.2) is 4.99 Å². The second-order valence-corrected chi connectivity index (χ2v) is 3.87. The van der Waals surface area contributed by atoms with Crippen molar-refractivity contribution in [1.29, 1.82) is 0 Å². The van der Waals surface area contributed by atoms with Gasteiger partial charge in [-0.25, -0.2) is 0 Å². The summed E-state index contributed by atoms with van der Waals surface area (Å²) < 4.78 is 0. The van der Waals surface area contributed by atoms with Gasteiger partial charge < -0.3 is 5.32 Å². The third kappa shape index (κ3) is 1.20. The molecule has 0 bridgehead atoms. The van der Waals surface area contributed by atoms with Crippen LogP contribution in [0.4, 0.5) is 0 Å². The van der Waals surface area contributed by atoms with E-state index in [-0.39, 0.29) is 0 Å². The van der Waals surface area contributed by atoms with Crippen molar-refractivity contribution in [3.8, 4) is 0 Å². The Bertz CT molecular complexity index is 150. The quantitative estimate of drug-likeness (QED) is 0.605. The third-order valence-electron chi connectivity index (χ3n) is 2.02. The van der Waals surface area contributed by atoms with Gasteiger partial charge >= 0.3 is 0 Å². The molecule has 3 heteroatoms. The van der Waals surface area contributed by atoms with E-state index in [2.05, 4.69) is 10.3 Å². The van der Waals surface area contributed by atoms with E-state index in [0.29, 0.717) is 0 Å². The summed E-state index contributed by atoms with van der Waals surface area (Å²) in [7, 11) is 0. The molecule has 2 heterocycles. The monoisotopic (exact) mass is 156 g/mol. The molecule has 0 spiro atoms. The lowest BCUT2D eigenvalue weighted by atomic mass is 10.1. The van der Waals surface area contributed by atoms with Crippen LogP contribution >= 0.6 is 11.8 Å². The highest BCUT2D eigenvalue weighted by Gasteiger charge is 2.22. The van der Waals surface area contributed by atoms with Crippen LogP contribution in [0.2, 0.25) is 0 Å². The maximum Gasteiger partial charge on any atom is 0.0721 e. The Labute approximate surface area is 65.5 Å². The Morgan fingerprint density at radius 3 is 3.20 bits per heavy atom. The molecular formula is C7H12N2S. The van der Waals surface area contributed by atoms with Crippen molar-refractivity contribution in [1.82, 2.24) is 5.32 Å². The van der Waals surface area contributed by atoms with Crippen LogP contribution in [0, 0.1) is 5.92 Å². The highest BCUT2D eigenvalue weighted by atomic mass is 32.2. The summed E-state index contributed by atoms with van der Waals surface area (Å²) in [6.45, 7) is 3.40. The van der Waals surface area contributed by atoms with Crippen molar-refractivity contribution in [3.63, 3.8) is 0 Å². The molecule has 1 fully saturated rings. The minimum absolute atomic E-state index is 0.757. The van der Waals surface area contributed by atoms with Crippen LogP contribution in [0.1, 0.15) is 6.42 Å². The molecule has 1 unspecified atom stereocenters. The Morgan fingerprint density at radius 1 is 1.60 bits per heavy atom. The zero-order chi connectivity index (χ0) is 6.81. The molecule has 0 aromatic carbocycles. The normalized spacial score (nSPS) is 32.8. The Hall–Kier alpha value is -0.0200. The van der Waals surface area contributed by atoms with Gasteiger partial charge in [-0.05, 0) is 13.0 Å². The molecule has 2 aliphatic heterocycles. The van der Waals surface area contributed by atoms with E-state index >= 15 is 0 Å². The molecule has 56 valence electrons. The summed E-state index contributed by atoms with van der Waals surface area (Å²) in [5.41, 5.74) is 0. The molecule has 2 nitrogen and oxygen atoms in total. The van der Waals surface area contributed by atoms with Gasteiger partial charge in [-0.2, -0.15) is 0 Å². The number of hydrogen-bond donors (Lipinski definition) is 1. The molecule has 2 aliphatic rings. The fourth-order valence-electron chi connectivity index (χ4n) is 1.46. The largest absolute Gasteiger partial charge is 0.316 e. The summed E-state index contributed by atoms with van der Waals surface area (Å²) in [6, 6.07) is 0. The highest BCUT2D eigenvalue weighted by Crippen LogP contribution is 2.22. The lowest BCUT2D eigenvalue weighted by Crippen LogP contribution is -2.13. The maximum atomic E-state index is 4.46. The summed E-state index contributed by atoms with van der Waals surface area (Å²) in [6.07, 6.45) is 1.30. The number of thioether (sulfide) groups is 1. The zero-order valence-electron chi connectivity index (χ0n) is 5.97.